The van der Waals surface area contributed by atoms with Crippen molar-refractivity contribution in [2.24, 2.45) is 0 Å². The minimum absolute atomic E-state index is 0. The van der Waals surface area contributed by atoms with Gasteiger partial charge < -0.3 is 0 Å². The van der Waals surface area contributed by atoms with E-state index in [4.69, 9.17) is 0 Å². The van der Waals surface area contributed by atoms with Crippen LogP contribution < -0.4 is 0 Å². The predicted molar refractivity (Wildman–Crippen MR) is 93.3 cm³/mol. The zero-order valence-electron chi connectivity index (χ0n) is 14.0. The molecule has 5 heteroatoms. The molecule has 2 rings (SSSR count). The maximum Gasteiger partial charge on any atom is -0.269 e. The standard InChI is InChI=1S/2C8H13Si.2FH.Zr/c2*1-9(2,3)8-6-4-5-7-8;;;/h2*4,6H,5H2,1-3H3;2*1H;. The van der Waals surface area contributed by atoms with Crippen molar-refractivity contribution < 1.29 is 32.6 Å². The van der Waals surface area contributed by atoms with Crippen LogP contribution in [0.4, 0.5) is 9.41 Å². The third kappa shape index (κ3) is 5.07. The molecule has 0 atom stereocenters. The van der Waals surface area contributed by atoms with Crippen LogP contribution in [0, 0.1) is 0 Å². The van der Waals surface area contributed by atoms with Gasteiger partial charge in [-0.25, -0.2) is 0 Å². The second-order valence-corrected chi connectivity index (χ2v) is 21.3. The first-order valence-corrected chi connectivity index (χ1v) is 16.7. The molecule has 2 aliphatic carbocycles. The fourth-order valence-electron chi connectivity index (χ4n) is 2.83. The number of hydrogen-bond donors (Lipinski definition) is 0. The van der Waals surface area contributed by atoms with Gasteiger partial charge in [0.15, 0.2) is 0 Å². The molecule has 2 aliphatic rings. The Bertz CT molecular complexity index is 457. The zero-order valence-corrected chi connectivity index (χ0v) is 18.5. The molecule has 0 saturated heterocycles. The minimum atomic E-state index is -1.12. The average molecular weight is 406 g/mol. The number of hydrogen-bond acceptors (Lipinski definition) is 0. The normalized spacial score (nSPS) is 18.0. The van der Waals surface area contributed by atoms with Crippen molar-refractivity contribution in [2.45, 2.75) is 52.1 Å². The molecule has 0 heterocycles. The summed E-state index contributed by atoms with van der Waals surface area (Å²) in [6.45, 7) is 15.0. The smallest absolute Gasteiger partial charge is 0.269 e. The second-order valence-electron chi connectivity index (χ2n) is 7.62. The SMILES string of the molecule is C[Si](C)(C)C1=[C]([Zr][C]2=C([Si](C)(C)C)C=CC2)CC=C1.F.F. The van der Waals surface area contributed by atoms with Gasteiger partial charge in [0.25, 0.3) is 0 Å². The van der Waals surface area contributed by atoms with E-state index in [-0.39, 0.29) is 9.41 Å². The van der Waals surface area contributed by atoms with E-state index < -0.39 is 39.4 Å². The van der Waals surface area contributed by atoms with Gasteiger partial charge in [-0.3, -0.25) is 9.41 Å². The van der Waals surface area contributed by atoms with Crippen molar-refractivity contribution in [3.63, 3.8) is 0 Å². The van der Waals surface area contributed by atoms with Crippen LogP contribution in [0.5, 0.6) is 0 Å². The quantitative estimate of drug-likeness (QED) is 0.537. The molecule has 0 amide bonds. The van der Waals surface area contributed by atoms with E-state index in [0.717, 1.165) is 0 Å². The first-order chi connectivity index (χ1) is 8.69. The molecule has 0 aromatic heterocycles. The van der Waals surface area contributed by atoms with Crippen LogP contribution in [0.25, 0.3) is 0 Å². The summed E-state index contributed by atoms with van der Waals surface area (Å²) in [4.78, 5) is 0. The summed E-state index contributed by atoms with van der Waals surface area (Å²) in [7, 11) is -2.25. The largest absolute Gasteiger partial charge is 0.269 e. The van der Waals surface area contributed by atoms with E-state index >= 15 is 0 Å². The molecule has 21 heavy (non-hydrogen) atoms. The summed E-state index contributed by atoms with van der Waals surface area (Å²) in [6, 6.07) is 0. The molecular weight excluding hydrogens is 378 g/mol. The Morgan fingerprint density at radius 2 is 1.05 bits per heavy atom. The summed E-state index contributed by atoms with van der Waals surface area (Å²) in [6.07, 6.45) is 12.3. The Balaban J connectivity index is 0.00000200. The summed E-state index contributed by atoms with van der Waals surface area (Å²) in [5.74, 6) is 0. The summed E-state index contributed by atoms with van der Waals surface area (Å²) in [5.41, 5.74) is 0. The van der Waals surface area contributed by atoms with Gasteiger partial charge >= 0.3 is 133 Å². The third-order valence-electron chi connectivity index (χ3n) is 3.78. The van der Waals surface area contributed by atoms with Crippen LogP contribution >= 0.6 is 0 Å². The Kier molecular flexibility index (Phi) is 7.66. The van der Waals surface area contributed by atoms with E-state index in [2.05, 4.69) is 63.6 Å². The van der Waals surface area contributed by atoms with Crippen molar-refractivity contribution in [3.05, 3.63) is 41.3 Å². The fourth-order valence-corrected chi connectivity index (χ4v) is 15.4. The molecule has 0 bridgehead atoms. The Labute approximate surface area is 141 Å². The molecule has 0 nitrogen and oxygen atoms in total. The van der Waals surface area contributed by atoms with Crippen LogP contribution in [-0.2, 0) is 23.2 Å². The number of halogens is 2. The summed E-state index contributed by atoms with van der Waals surface area (Å²) >= 11 is -0.505. The van der Waals surface area contributed by atoms with Crippen molar-refractivity contribution in [1.29, 1.82) is 0 Å². The predicted octanol–water partition coefficient (Wildman–Crippen LogP) is 5.56. The molecule has 0 aliphatic heterocycles. The molecule has 118 valence electrons. The minimum Gasteiger partial charge on any atom is -0.269 e. The summed E-state index contributed by atoms with van der Waals surface area (Å²) in [5, 5.41) is 3.57. The average Bonchev–Trinajstić information content (AvgIpc) is 2.83. The van der Waals surface area contributed by atoms with Gasteiger partial charge in [-0.1, -0.05) is 0 Å². The Hall–Kier alpha value is 0.137. The van der Waals surface area contributed by atoms with E-state index in [1.165, 1.54) is 12.8 Å². The fraction of sp³-hybridized carbons (Fsp3) is 0.500. The summed E-state index contributed by atoms with van der Waals surface area (Å²) < 4.78 is 3.77. The van der Waals surface area contributed by atoms with Gasteiger partial charge in [0.05, 0.1) is 0 Å². The van der Waals surface area contributed by atoms with Gasteiger partial charge in [0, 0.05) is 0 Å². The van der Waals surface area contributed by atoms with E-state index in [0.29, 0.717) is 0 Å². The third-order valence-corrected chi connectivity index (χ3v) is 13.0. The maximum absolute atomic E-state index is 2.50. The number of allylic oxidation sites excluding steroid dienone is 8. The molecule has 0 saturated carbocycles. The van der Waals surface area contributed by atoms with Gasteiger partial charge in [-0.05, 0) is 0 Å². The van der Waals surface area contributed by atoms with Crippen molar-refractivity contribution in [1.82, 2.24) is 0 Å². The van der Waals surface area contributed by atoms with E-state index in [1.54, 1.807) is 10.4 Å². The molecule has 0 aromatic carbocycles. The topological polar surface area (TPSA) is 0 Å². The van der Waals surface area contributed by atoms with Gasteiger partial charge in [0.1, 0.15) is 0 Å². The molecule has 0 fully saturated rings. The van der Waals surface area contributed by atoms with Crippen molar-refractivity contribution in [3.8, 4) is 0 Å². The molecule has 0 radical (unpaired) electrons. The molecule has 0 aromatic rings. The van der Waals surface area contributed by atoms with E-state index in [9.17, 15) is 0 Å². The first kappa shape index (κ1) is 21.1. The van der Waals surface area contributed by atoms with Gasteiger partial charge in [-0.2, -0.15) is 0 Å². The monoisotopic (exact) mass is 404 g/mol. The van der Waals surface area contributed by atoms with Crippen LogP contribution in [0.1, 0.15) is 12.8 Å². The molecular formula is C16H28F2Si2Zr. The van der Waals surface area contributed by atoms with Crippen LogP contribution in [0.15, 0.2) is 41.3 Å². The molecule has 0 unspecified atom stereocenters. The van der Waals surface area contributed by atoms with Gasteiger partial charge in [-0.15, -0.1) is 0 Å². The Morgan fingerprint density at radius 1 is 0.714 bits per heavy atom. The van der Waals surface area contributed by atoms with Crippen molar-refractivity contribution >= 4 is 16.1 Å². The van der Waals surface area contributed by atoms with Crippen LogP contribution in [0.2, 0.25) is 39.3 Å². The second kappa shape index (κ2) is 7.61. The number of rotatable bonds is 4. The van der Waals surface area contributed by atoms with Crippen LogP contribution in [0.3, 0.4) is 0 Å². The van der Waals surface area contributed by atoms with Crippen molar-refractivity contribution in [2.75, 3.05) is 0 Å². The van der Waals surface area contributed by atoms with Crippen LogP contribution in [-0.4, -0.2) is 16.1 Å². The molecule has 0 N–H and O–H groups in total. The van der Waals surface area contributed by atoms with E-state index in [1.807, 2.05) is 6.56 Å². The maximum atomic E-state index is 2.50. The zero-order chi connectivity index (χ0) is 14.3. The first-order valence-electron chi connectivity index (χ1n) is 7.27. The Morgan fingerprint density at radius 3 is 1.33 bits per heavy atom. The van der Waals surface area contributed by atoms with Gasteiger partial charge in [0.2, 0.25) is 0 Å². The molecule has 0 spiro atoms.